The minimum atomic E-state index is -0.453. The summed E-state index contributed by atoms with van der Waals surface area (Å²) in [5.41, 5.74) is 1.16. The molecule has 0 radical (unpaired) electrons. The van der Waals surface area contributed by atoms with Gasteiger partial charge in [-0.15, -0.1) is 0 Å². The van der Waals surface area contributed by atoms with Crippen LogP contribution in [0.25, 0.3) is 0 Å². The second kappa shape index (κ2) is 6.36. The third kappa shape index (κ3) is 3.64. The molecule has 0 aliphatic carbocycles. The molecule has 0 spiro atoms. The van der Waals surface area contributed by atoms with E-state index in [2.05, 4.69) is 10.4 Å². The molecule has 1 aliphatic heterocycles. The van der Waals surface area contributed by atoms with E-state index < -0.39 is 5.41 Å². The van der Waals surface area contributed by atoms with Crippen LogP contribution in [0.3, 0.4) is 0 Å². The van der Waals surface area contributed by atoms with Gasteiger partial charge >= 0.3 is 0 Å². The van der Waals surface area contributed by atoms with Crippen molar-refractivity contribution in [3.05, 3.63) is 35.1 Å². The molecule has 0 unspecified atom stereocenters. The van der Waals surface area contributed by atoms with E-state index in [4.69, 9.17) is 21.1 Å². The average molecular weight is 350 g/mol. The second-order valence-corrected chi connectivity index (χ2v) is 7.14. The van der Waals surface area contributed by atoms with Crippen molar-refractivity contribution in [2.24, 2.45) is 5.41 Å². The highest BCUT2D eigenvalue weighted by Gasteiger charge is 2.21. The number of amides is 1. The van der Waals surface area contributed by atoms with Crippen LogP contribution in [0.1, 0.15) is 26.3 Å². The number of benzene rings is 1. The van der Waals surface area contributed by atoms with E-state index in [9.17, 15) is 4.79 Å². The molecule has 1 N–H and O–H groups in total. The molecule has 0 atom stereocenters. The lowest BCUT2D eigenvalue weighted by molar-refractivity contribution is -0.123. The number of rotatable bonds is 3. The molecular formula is C17H20ClN3O3. The molecule has 0 fully saturated rings. The van der Waals surface area contributed by atoms with Crippen LogP contribution in [-0.4, -0.2) is 28.9 Å². The molecule has 6 nitrogen and oxygen atoms in total. The second-order valence-electron chi connectivity index (χ2n) is 6.73. The molecule has 1 aromatic heterocycles. The van der Waals surface area contributed by atoms with Crippen molar-refractivity contribution >= 4 is 23.2 Å². The van der Waals surface area contributed by atoms with E-state index in [1.807, 2.05) is 32.9 Å². The number of carbonyl (C=O) groups excluding carboxylic acids is 1. The van der Waals surface area contributed by atoms with Gasteiger partial charge in [-0.05, 0) is 17.7 Å². The van der Waals surface area contributed by atoms with Crippen LogP contribution in [0.4, 0.5) is 5.69 Å². The summed E-state index contributed by atoms with van der Waals surface area (Å²) in [7, 11) is 0. The van der Waals surface area contributed by atoms with Gasteiger partial charge in [0.05, 0.1) is 23.5 Å². The molecular weight excluding hydrogens is 330 g/mol. The van der Waals surface area contributed by atoms with E-state index in [-0.39, 0.29) is 5.91 Å². The number of anilines is 1. The largest absolute Gasteiger partial charge is 0.486 e. The van der Waals surface area contributed by atoms with E-state index in [0.29, 0.717) is 42.0 Å². The monoisotopic (exact) mass is 349 g/mol. The molecule has 1 amide bonds. The maximum Gasteiger partial charge on any atom is 0.229 e. The van der Waals surface area contributed by atoms with Crippen LogP contribution >= 0.6 is 11.6 Å². The number of nitrogens with one attached hydrogen (secondary N) is 1. The standard InChI is InChI=1S/C17H20ClN3O3/c1-17(2,3)16(22)20-12-8-19-21(10-12)9-11-6-13(18)15-14(7-11)23-4-5-24-15/h6-8,10H,4-5,9H2,1-3H3,(H,20,22). The first-order valence-corrected chi connectivity index (χ1v) is 8.12. The quantitative estimate of drug-likeness (QED) is 0.923. The first-order valence-electron chi connectivity index (χ1n) is 7.75. The summed E-state index contributed by atoms with van der Waals surface area (Å²) in [6.45, 7) is 7.12. The third-order valence-electron chi connectivity index (χ3n) is 3.57. The predicted molar refractivity (Wildman–Crippen MR) is 91.9 cm³/mol. The number of aromatic nitrogens is 2. The molecule has 128 valence electrons. The molecule has 2 heterocycles. The summed E-state index contributed by atoms with van der Waals surface area (Å²) in [5.74, 6) is 1.19. The zero-order valence-corrected chi connectivity index (χ0v) is 14.7. The van der Waals surface area contributed by atoms with Gasteiger partial charge in [0.15, 0.2) is 11.5 Å². The average Bonchev–Trinajstić information content (AvgIpc) is 2.93. The zero-order valence-electron chi connectivity index (χ0n) is 13.9. The molecule has 0 saturated carbocycles. The fraction of sp³-hybridized carbons (Fsp3) is 0.412. The van der Waals surface area contributed by atoms with E-state index in [0.717, 1.165) is 5.56 Å². The number of fused-ring (bicyclic) bond motifs is 1. The first kappa shape index (κ1) is 16.6. The third-order valence-corrected chi connectivity index (χ3v) is 3.85. The minimum absolute atomic E-state index is 0.0515. The highest BCUT2D eigenvalue weighted by atomic mass is 35.5. The van der Waals surface area contributed by atoms with Gasteiger partial charge in [0.2, 0.25) is 5.91 Å². The van der Waals surface area contributed by atoms with Crippen LogP contribution in [0, 0.1) is 5.41 Å². The topological polar surface area (TPSA) is 65.4 Å². The minimum Gasteiger partial charge on any atom is -0.486 e. The Hall–Kier alpha value is -2.21. The van der Waals surface area contributed by atoms with Gasteiger partial charge < -0.3 is 14.8 Å². The lowest BCUT2D eigenvalue weighted by Crippen LogP contribution is -2.27. The Balaban J connectivity index is 1.73. The highest BCUT2D eigenvalue weighted by molar-refractivity contribution is 6.32. The zero-order chi connectivity index (χ0) is 17.3. The van der Waals surface area contributed by atoms with E-state index in [1.165, 1.54) is 0 Å². The Labute approximate surface area is 145 Å². The Morgan fingerprint density at radius 1 is 1.33 bits per heavy atom. The molecule has 1 aliphatic rings. The van der Waals surface area contributed by atoms with Crippen LogP contribution in [-0.2, 0) is 11.3 Å². The Morgan fingerprint density at radius 2 is 2.08 bits per heavy atom. The summed E-state index contributed by atoms with van der Waals surface area (Å²) >= 11 is 6.25. The fourth-order valence-electron chi connectivity index (χ4n) is 2.28. The number of nitrogens with zero attached hydrogens (tertiary/aromatic N) is 2. The predicted octanol–water partition coefficient (Wildman–Crippen LogP) is 3.34. The van der Waals surface area contributed by atoms with Crippen molar-refractivity contribution in [1.29, 1.82) is 0 Å². The Kier molecular flexibility index (Phi) is 4.41. The fourth-order valence-corrected chi connectivity index (χ4v) is 2.56. The van der Waals surface area contributed by atoms with Gasteiger partial charge in [0, 0.05) is 11.6 Å². The number of hydrogen-bond donors (Lipinski definition) is 1. The van der Waals surface area contributed by atoms with E-state index in [1.54, 1.807) is 17.1 Å². The maximum atomic E-state index is 12.0. The van der Waals surface area contributed by atoms with Gasteiger partial charge in [-0.2, -0.15) is 5.10 Å². The Morgan fingerprint density at radius 3 is 2.83 bits per heavy atom. The lowest BCUT2D eigenvalue weighted by atomic mass is 9.96. The Bertz CT molecular complexity index is 765. The van der Waals surface area contributed by atoms with Gasteiger partial charge in [-0.25, -0.2) is 0 Å². The van der Waals surface area contributed by atoms with Crippen molar-refractivity contribution in [3.8, 4) is 11.5 Å². The highest BCUT2D eigenvalue weighted by Crippen LogP contribution is 2.38. The smallest absolute Gasteiger partial charge is 0.229 e. The van der Waals surface area contributed by atoms with Gasteiger partial charge in [0.1, 0.15) is 13.2 Å². The van der Waals surface area contributed by atoms with Crippen LogP contribution in [0.5, 0.6) is 11.5 Å². The van der Waals surface area contributed by atoms with Gasteiger partial charge in [-0.1, -0.05) is 32.4 Å². The summed E-state index contributed by atoms with van der Waals surface area (Å²) < 4.78 is 12.8. The van der Waals surface area contributed by atoms with E-state index >= 15 is 0 Å². The van der Waals surface area contributed by atoms with Crippen LogP contribution < -0.4 is 14.8 Å². The number of halogens is 1. The number of ether oxygens (including phenoxy) is 2. The van der Waals surface area contributed by atoms with Crippen molar-refractivity contribution in [3.63, 3.8) is 0 Å². The molecule has 0 bridgehead atoms. The lowest BCUT2D eigenvalue weighted by Gasteiger charge is -2.20. The SMILES string of the molecule is CC(C)(C)C(=O)Nc1cnn(Cc2cc(Cl)c3c(c2)OCCO3)c1. The molecule has 1 aromatic carbocycles. The van der Waals surface area contributed by atoms with Crippen molar-refractivity contribution in [1.82, 2.24) is 9.78 Å². The molecule has 24 heavy (non-hydrogen) atoms. The molecule has 2 aromatic rings. The van der Waals surface area contributed by atoms with Crippen LogP contribution in [0.15, 0.2) is 24.5 Å². The first-order chi connectivity index (χ1) is 11.3. The normalized spacial score (nSPS) is 13.7. The van der Waals surface area contributed by atoms with Crippen molar-refractivity contribution in [2.75, 3.05) is 18.5 Å². The van der Waals surface area contributed by atoms with Gasteiger partial charge in [0.25, 0.3) is 0 Å². The van der Waals surface area contributed by atoms with Crippen molar-refractivity contribution < 1.29 is 14.3 Å². The summed E-state index contributed by atoms with van der Waals surface area (Å²) in [6, 6.07) is 3.74. The molecule has 7 heteroatoms. The van der Waals surface area contributed by atoms with Crippen LogP contribution in [0.2, 0.25) is 5.02 Å². The summed E-state index contributed by atoms with van der Waals surface area (Å²) in [6.07, 6.45) is 3.41. The van der Waals surface area contributed by atoms with Gasteiger partial charge in [-0.3, -0.25) is 9.48 Å². The molecule has 3 rings (SSSR count). The van der Waals surface area contributed by atoms with Crippen molar-refractivity contribution in [2.45, 2.75) is 27.3 Å². The number of carbonyl (C=O) groups is 1. The number of hydrogen-bond acceptors (Lipinski definition) is 4. The summed E-state index contributed by atoms with van der Waals surface area (Å²) in [5, 5.41) is 7.66. The maximum absolute atomic E-state index is 12.0. The summed E-state index contributed by atoms with van der Waals surface area (Å²) in [4.78, 5) is 12.0. The molecule has 0 saturated heterocycles.